The van der Waals surface area contributed by atoms with E-state index in [-0.39, 0.29) is 29.2 Å². The summed E-state index contributed by atoms with van der Waals surface area (Å²) in [7, 11) is 0. The molecule has 0 aliphatic rings. The van der Waals surface area contributed by atoms with Crippen molar-refractivity contribution >= 4 is 23.5 Å². The number of nitrogens with zero attached hydrogens (tertiary/aromatic N) is 1. The van der Waals surface area contributed by atoms with Crippen molar-refractivity contribution in [3.63, 3.8) is 0 Å². The zero-order valence-corrected chi connectivity index (χ0v) is 19.3. The third kappa shape index (κ3) is 5.69. The van der Waals surface area contributed by atoms with Crippen molar-refractivity contribution < 1.29 is 28.8 Å². The van der Waals surface area contributed by atoms with E-state index >= 15 is 0 Å². The van der Waals surface area contributed by atoms with Crippen LogP contribution in [-0.4, -0.2) is 23.3 Å². The molecule has 4 aromatic rings. The Kier molecular flexibility index (Phi) is 8.79. The second kappa shape index (κ2) is 11.8. The van der Waals surface area contributed by atoms with Crippen molar-refractivity contribution in [2.45, 2.75) is 4.75 Å². The summed E-state index contributed by atoms with van der Waals surface area (Å²) in [6.45, 7) is 0.677. The summed E-state index contributed by atoms with van der Waals surface area (Å²) in [4.78, 5) is 15.1. The van der Waals surface area contributed by atoms with Gasteiger partial charge >= 0.3 is 18.9 Å². The molecule has 0 aliphatic carbocycles. The predicted molar refractivity (Wildman–Crippen MR) is 129 cm³/mol. The Labute approximate surface area is 210 Å². The predicted octanol–water partition coefficient (Wildman–Crippen LogP) is 1.59. The van der Waals surface area contributed by atoms with Crippen LogP contribution in [-0.2, 0) is 4.75 Å². The average molecular weight is 447 g/mol. The van der Waals surface area contributed by atoms with Gasteiger partial charge in [-0.3, -0.25) is 0 Å². The van der Waals surface area contributed by atoms with Gasteiger partial charge in [-0.25, -0.2) is 4.98 Å². The van der Waals surface area contributed by atoms with Crippen LogP contribution in [0.4, 0.5) is 5.82 Å². The molecule has 0 aliphatic heterocycles. The SMILES string of the molecule is O=C([O-])c1ccc(NCCSC(c2ccccc2)(c2ccccc2)c2ccccc2)nc1.[Li+]. The number of hydrogen-bond donors (Lipinski definition) is 1. The summed E-state index contributed by atoms with van der Waals surface area (Å²) in [5, 5.41) is 14.2. The number of carbonyl (C=O) groups excluding carboxylic acids is 1. The van der Waals surface area contributed by atoms with Crippen LogP contribution in [0.3, 0.4) is 0 Å². The van der Waals surface area contributed by atoms with Crippen LogP contribution < -0.4 is 29.3 Å². The monoisotopic (exact) mass is 446 g/mol. The van der Waals surface area contributed by atoms with Crippen molar-refractivity contribution in [3.8, 4) is 0 Å². The number of nitrogens with one attached hydrogen (secondary N) is 1. The van der Waals surface area contributed by atoms with Crippen LogP contribution in [0.25, 0.3) is 0 Å². The van der Waals surface area contributed by atoms with E-state index in [1.54, 1.807) is 6.07 Å². The maximum Gasteiger partial charge on any atom is 1.00 e. The van der Waals surface area contributed by atoms with Crippen molar-refractivity contribution in [3.05, 3.63) is 132 Å². The Hall–Kier alpha value is -2.97. The fraction of sp³-hybridized carbons (Fsp3) is 0.111. The molecule has 0 fully saturated rings. The number of rotatable bonds is 9. The summed E-state index contributed by atoms with van der Waals surface area (Å²) < 4.78 is -0.363. The molecule has 4 rings (SSSR count). The molecular formula is C27H23LiN2O2S. The minimum atomic E-state index is -1.22. The quantitative estimate of drug-likeness (QED) is 0.240. The number of thioether (sulfide) groups is 1. The van der Waals surface area contributed by atoms with Crippen molar-refractivity contribution in [1.82, 2.24) is 4.98 Å². The first-order valence-electron chi connectivity index (χ1n) is 10.4. The molecule has 160 valence electrons. The third-order valence-corrected chi connectivity index (χ3v) is 6.82. The van der Waals surface area contributed by atoms with Crippen LogP contribution in [0.1, 0.15) is 27.0 Å². The first kappa shape index (κ1) is 24.7. The fourth-order valence-electron chi connectivity index (χ4n) is 3.77. The summed E-state index contributed by atoms with van der Waals surface area (Å²) in [5.41, 5.74) is 3.73. The van der Waals surface area contributed by atoms with E-state index in [2.05, 4.69) is 83.1 Å². The average Bonchev–Trinajstić information content (AvgIpc) is 2.86. The maximum atomic E-state index is 10.9. The fourth-order valence-corrected chi connectivity index (χ4v) is 5.19. The van der Waals surface area contributed by atoms with Crippen LogP contribution in [0, 0.1) is 0 Å². The second-order valence-electron chi connectivity index (χ2n) is 7.27. The number of hydrogen-bond acceptors (Lipinski definition) is 5. The molecule has 1 aromatic heterocycles. The Morgan fingerprint density at radius 3 is 1.67 bits per heavy atom. The van der Waals surface area contributed by atoms with Gasteiger partial charge in [-0.05, 0) is 28.8 Å². The standard InChI is InChI=1S/C27H24N2O2S.Li/c30-26(31)21-16-17-25(29-20-21)28-18-19-32-27(22-10-4-1-5-11-22,23-12-6-2-7-13-23)24-14-8-3-9-15-24;/h1-17,20H,18-19H2,(H,28,29)(H,30,31);/q;+1/p-1. The van der Waals surface area contributed by atoms with E-state index < -0.39 is 5.97 Å². The molecule has 4 nitrogen and oxygen atoms in total. The third-order valence-electron chi connectivity index (χ3n) is 5.27. The molecular weight excluding hydrogens is 423 g/mol. The van der Waals surface area contributed by atoms with Crippen molar-refractivity contribution in [2.24, 2.45) is 0 Å². The normalized spacial score (nSPS) is 10.8. The Bertz CT molecular complexity index is 1040. The Morgan fingerprint density at radius 2 is 1.27 bits per heavy atom. The van der Waals surface area contributed by atoms with Crippen molar-refractivity contribution in [1.29, 1.82) is 0 Å². The van der Waals surface area contributed by atoms with Gasteiger partial charge in [-0.15, -0.1) is 11.8 Å². The topological polar surface area (TPSA) is 65.0 Å². The first-order chi connectivity index (χ1) is 15.7. The van der Waals surface area contributed by atoms with Crippen LogP contribution in [0.2, 0.25) is 0 Å². The number of carbonyl (C=O) groups is 1. The summed E-state index contributed by atoms with van der Waals surface area (Å²) in [6.07, 6.45) is 1.31. The molecule has 0 unspecified atom stereocenters. The minimum Gasteiger partial charge on any atom is -0.545 e. The van der Waals surface area contributed by atoms with Crippen LogP contribution >= 0.6 is 11.8 Å². The zero-order chi connectivity index (χ0) is 22.2. The van der Waals surface area contributed by atoms with Gasteiger partial charge in [0.05, 0.1) is 10.7 Å². The Balaban J connectivity index is 0.00000306. The number of aromatic carboxylic acids is 1. The molecule has 0 radical (unpaired) electrons. The molecule has 3 aromatic carbocycles. The minimum absolute atomic E-state index is 0. The summed E-state index contributed by atoms with van der Waals surface area (Å²) in [6, 6.07) is 34.9. The van der Waals surface area contributed by atoms with E-state index in [9.17, 15) is 9.90 Å². The molecule has 1 heterocycles. The maximum absolute atomic E-state index is 10.9. The van der Waals surface area contributed by atoms with Gasteiger partial charge in [0.2, 0.25) is 0 Å². The van der Waals surface area contributed by atoms with E-state index in [0.717, 1.165) is 5.75 Å². The number of anilines is 1. The first-order valence-corrected chi connectivity index (χ1v) is 11.4. The number of carboxylic acid groups (broad SMARTS) is 1. The molecule has 1 N–H and O–H groups in total. The number of benzene rings is 3. The largest absolute Gasteiger partial charge is 1.00 e. The summed E-state index contributed by atoms with van der Waals surface area (Å²) >= 11 is 1.86. The van der Waals surface area contributed by atoms with E-state index in [4.69, 9.17) is 0 Å². The van der Waals surface area contributed by atoms with Gasteiger partial charge in [-0.2, -0.15) is 0 Å². The van der Waals surface area contributed by atoms with E-state index in [0.29, 0.717) is 12.4 Å². The van der Waals surface area contributed by atoms with Gasteiger partial charge in [0.1, 0.15) is 5.82 Å². The van der Waals surface area contributed by atoms with E-state index in [1.807, 2.05) is 30.0 Å². The molecule has 0 saturated carbocycles. The van der Waals surface area contributed by atoms with E-state index in [1.165, 1.54) is 29.0 Å². The number of carboxylic acids is 1. The van der Waals surface area contributed by atoms with Crippen molar-refractivity contribution in [2.75, 3.05) is 17.6 Å². The smallest absolute Gasteiger partial charge is 0.545 e. The zero-order valence-electron chi connectivity index (χ0n) is 18.5. The van der Waals surface area contributed by atoms with Gasteiger partial charge < -0.3 is 15.2 Å². The molecule has 0 bridgehead atoms. The molecule has 0 saturated heterocycles. The van der Waals surface area contributed by atoms with Gasteiger partial charge in [-0.1, -0.05) is 91.0 Å². The second-order valence-corrected chi connectivity index (χ2v) is 8.58. The molecule has 33 heavy (non-hydrogen) atoms. The van der Waals surface area contributed by atoms with Crippen LogP contribution in [0.5, 0.6) is 0 Å². The molecule has 0 amide bonds. The Morgan fingerprint density at radius 1 is 0.788 bits per heavy atom. The molecule has 0 atom stereocenters. The number of aromatic nitrogens is 1. The number of pyridine rings is 1. The summed E-state index contributed by atoms with van der Waals surface area (Å²) in [5.74, 6) is 0.223. The van der Waals surface area contributed by atoms with Gasteiger partial charge in [0.15, 0.2) is 0 Å². The van der Waals surface area contributed by atoms with Gasteiger partial charge in [0, 0.05) is 24.1 Å². The van der Waals surface area contributed by atoms with Crippen LogP contribution in [0.15, 0.2) is 109 Å². The van der Waals surface area contributed by atoms with Gasteiger partial charge in [0.25, 0.3) is 0 Å². The molecule has 0 spiro atoms. The molecule has 6 heteroatoms.